The topological polar surface area (TPSA) is 84.1 Å². The summed E-state index contributed by atoms with van der Waals surface area (Å²) in [6.45, 7) is 8.66. The van der Waals surface area contributed by atoms with E-state index in [1.807, 2.05) is 48.5 Å². The van der Waals surface area contributed by atoms with Crippen molar-refractivity contribution in [3.8, 4) is 5.75 Å². The third-order valence-corrected chi connectivity index (χ3v) is 11.3. The normalized spacial score (nSPS) is 15.0. The Morgan fingerprint density at radius 1 is 0.485 bits per heavy atom. The van der Waals surface area contributed by atoms with Crippen LogP contribution in [0.1, 0.15) is 51.2 Å². The Kier molecular flexibility index (Phi) is 13.2. The van der Waals surface area contributed by atoms with Gasteiger partial charge in [-0.1, -0.05) is 122 Å². The van der Waals surface area contributed by atoms with Crippen LogP contribution in [-0.2, 0) is 30.4 Å². The number of hydrogen-bond donors (Lipinski definition) is 0. The SMILES string of the molecule is C=CC(=O)COc1ccc(N(c2ccc(C=Cc3ccc(C=Cc4ccc(N(c5ccc(COC(=O)C=C)cc5)c5ccc(C6CO6)cc5)cc4)cc3)cc2)c2ccc(C3CO3)cc2)cc1. The van der Waals surface area contributed by atoms with Crippen molar-refractivity contribution in [3.63, 3.8) is 0 Å². The van der Waals surface area contributed by atoms with E-state index in [9.17, 15) is 9.59 Å². The predicted molar refractivity (Wildman–Crippen MR) is 265 cm³/mol. The number of benzene rings is 7. The van der Waals surface area contributed by atoms with Gasteiger partial charge in [-0.25, -0.2) is 4.79 Å². The monoisotopic (exact) mass is 868 g/mol. The number of carbonyl (C=O) groups excluding carboxylic acids is 2. The first-order valence-electron chi connectivity index (χ1n) is 21.8. The molecule has 2 fully saturated rings. The molecule has 2 unspecified atom stereocenters. The maximum atomic E-state index is 11.7. The highest BCUT2D eigenvalue weighted by molar-refractivity contribution is 5.90. The number of epoxide rings is 2. The molecule has 66 heavy (non-hydrogen) atoms. The summed E-state index contributed by atoms with van der Waals surface area (Å²) >= 11 is 0. The van der Waals surface area contributed by atoms with Crippen molar-refractivity contribution in [3.05, 3.63) is 234 Å². The second-order valence-corrected chi connectivity index (χ2v) is 15.9. The molecule has 9 rings (SSSR count). The van der Waals surface area contributed by atoms with E-state index in [0.717, 1.165) is 75.2 Å². The molecule has 8 nitrogen and oxygen atoms in total. The summed E-state index contributed by atoms with van der Waals surface area (Å²) in [5.74, 6) is 0.000774. The third kappa shape index (κ3) is 11.0. The van der Waals surface area contributed by atoms with Gasteiger partial charge in [0.1, 0.15) is 24.6 Å². The lowest BCUT2D eigenvalue weighted by Crippen LogP contribution is -2.10. The van der Waals surface area contributed by atoms with Crippen LogP contribution in [0.15, 0.2) is 195 Å². The van der Waals surface area contributed by atoms with Crippen LogP contribution in [-0.4, -0.2) is 31.6 Å². The molecule has 0 amide bonds. The Hall–Kier alpha value is -8.04. The zero-order valence-electron chi connectivity index (χ0n) is 36.4. The fourth-order valence-electron chi connectivity index (χ4n) is 7.48. The van der Waals surface area contributed by atoms with Crippen LogP contribution in [0.5, 0.6) is 5.75 Å². The van der Waals surface area contributed by atoms with E-state index in [-0.39, 0.29) is 31.2 Å². The Balaban J connectivity index is 0.856. The number of rotatable bonds is 19. The molecule has 2 saturated heterocycles. The van der Waals surface area contributed by atoms with Crippen LogP contribution in [0.2, 0.25) is 0 Å². The minimum absolute atomic E-state index is 0.0447. The molecule has 326 valence electrons. The van der Waals surface area contributed by atoms with Gasteiger partial charge < -0.3 is 28.7 Å². The number of hydrogen-bond acceptors (Lipinski definition) is 8. The first-order valence-corrected chi connectivity index (χ1v) is 21.8. The lowest BCUT2D eigenvalue weighted by atomic mass is 10.1. The zero-order chi connectivity index (χ0) is 45.2. The van der Waals surface area contributed by atoms with Gasteiger partial charge in [0.25, 0.3) is 0 Å². The molecule has 0 spiro atoms. The Morgan fingerprint density at radius 3 is 1.17 bits per heavy atom. The molecule has 2 aliphatic rings. The highest BCUT2D eigenvalue weighted by Crippen LogP contribution is 2.39. The molecule has 2 heterocycles. The molecule has 0 aliphatic carbocycles. The minimum atomic E-state index is -0.446. The fraction of sp³-hybridized carbons (Fsp3) is 0.103. The quantitative estimate of drug-likeness (QED) is 0.0344. The first kappa shape index (κ1) is 43.2. The maximum Gasteiger partial charge on any atom is 0.330 e. The van der Waals surface area contributed by atoms with Crippen molar-refractivity contribution >= 4 is 70.2 Å². The summed E-state index contributed by atoms with van der Waals surface area (Å²) in [7, 11) is 0. The summed E-state index contributed by atoms with van der Waals surface area (Å²) in [5, 5.41) is 0. The van der Waals surface area contributed by atoms with Gasteiger partial charge in [-0.05, 0) is 130 Å². The molecular formula is C58H48N2O6. The molecule has 7 aromatic rings. The smallest absolute Gasteiger partial charge is 0.330 e. The van der Waals surface area contributed by atoms with E-state index in [0.29, 0.717) is 5.75 Å². The van der Waals surface area contributed by atoms with Gasteiger partial charge in [-0.2, -0.15) is 0 Å². The van der Waals surface area contributed by atoms with Crippen molar-refractivity contribution in [1.29, 1.82) is 0 Å². The molecule has 0 bridgehead atoms. The van der Waals surface area contributed by atoms with Crippen molar-refractivity contribution in [2.75, 3.05) is 29.6 Å². The van der Waals surface area contributed by atoms with Crippen molar-refractivity contribution in [1.82, 2.24) is 0 Å². The number of carbonyl (C=O) groups is 2. The second-order valence-electron chi connectivity index (χ2n) is 15.9. The van der Waals surface area contributed by atoms with Gasteiger partial charge in [-0.15, -0.1) is 0 Å². The van der Waals surface area contributed by atoms with Crippen molar-refractivity contribution in [2.45, 2.75) is 18.8 Å². The molecule has 0 saturated carbocycles. The van der Waals surface area contributed by atoms with E-state index < -0.39 is 5.97 Å². The van der Waals surface area contributed by atoms with E-state index in [1.165, 1.54) is 23.3 Å². The molecular weight excluding hydrogens is 821 g/mol. The Bertz CT molecular complexity index is 2640. The molecule has 0 aromatic heterocycles. The van der Waals surface area contributed by atoms with Gasteiger partial charge >= 0.3 is 5.97 Å². The van der Waals surface area contributed by atoms with Crippen molar-refractivity contribution in [2.24, 2.45) is 0 Å². The fourth-order valence-corrected chi connectivity index (χ4v) is 7.48. The third-order valence-electron chi connectivity index (χ3n) is 11.3. The number of esters is 1. The minimum Gasteiger partial charge on any atom is -0.485 e. The van der Waals surface area contributed by atoms with Crippen LogP contribution < -0.4 is 14.5 Å². The van der Waals surface area contributed by atoms with Crippen molar-refractivity contribution < 1.29 is 28.5 Å². The number of anilines is 6. The Morgan fingerprint density at radius 2 is 0.818 bits per heavy atom. The lowest BCUT2D eigenvalue weighted by molar-refractivity contribution is -0.139. The second kappa shape index (κ2) is 20.2. The van der Waals surface area contributed by atoms with Crippen LogP contribution in [0.3, 0.4) is 0 Å². The first-order chi connectivity index (χ1) is 32.4. The number of ether oxygens (including phenoxy) is 4. The highest BCUT2D eigenvalue weighted by atomic mass is 16.6. The average Bonchev–Trinajstić information content (AvgIpc) is 4.32. The number of nitrogens with zero attached hydrogens (tertiary/aromatic N) is 2. The molecule has 2 aliphatic heterocycles. The maximum absolute atomic E-state index is 11.7. The lowest BCUT2D eigenvalue weighted by Gasteiger charge is -2.26. The number of ketones is 1. The van der Waals surface area contributed by atoms with E-state index in [1.54, 1.807) is 0 Å². The summed E-state index contributed by atoms with van der Waals surface area (Å²) in [4.78, 5) is 27.7. The summed E-state index contributed by atoms with van der Waals surface area (Å²) in [5.41, 5.74) is 13.6. The van der Waals surface area contributed by atoms with Gasteiger partial charge in [0, 0.05) is 40.2 Å². The van der Waals surface area contributed by atoms with Gasteiger partial charge in [-0.3, -0.25) is 4.79 Å². The molecule has 8 heteroatoms. The summed E-state index contributed by atoms with van der Waals surface area (Å²) in [6.07, 6.45) is 11.3. The zero-order valence-corrected chi connectivity index (χ0v) is 36.4. The van der Waals surface area contributed by atoms with Gasteiger partial charge in [0.15, 0.2) is 12.4 Å². The van der Waals surface area contributed by atoms with Crippen LogP contribution >= 0.6 is 0 Å². The van der Waals surface area contributed by atoms with Gasteiger partial charge in [0.05, 0.1) is 13.2 Å². The van der Waals surface area contributed by atoms with Crippen LogP contribution in [0.4, 0.5) is 34.1 Å². The average molecular weight is 869 g/mol. The van der Waals surface area contributed by atoms with Crippen LogP contribution in [0.25, 0.3) is 24.3 Å². The summed E-state index contributed by atoms with van der Waals surface area (Å²) < 4.78 is 21.9. The van der Waals surface area contributed by atoms with E-state index >= 15 is 0 Å². The van der Waals surface area contributed by atoms with Gasteiger partial charge in [0.2, 0.25) is 0 Å². The predicted octanol–water partition coefficient (Wildman–Crippen LogP) is 13.5. The molecule has 7 aromatic carbocycles. The molecule has 0 radical (unpaired) electrons. The molecule has 0 N–H and O–H groups in total. The van der Waals surface area contributed by atoms with E-state index in [4.69, 9.17) is 18.9 Å². The summed E-state index contributed by atoms with van der Waals surface area (Å²) in [6, 6.07) is 58.2. The largest absolute Gasteiger partial charge is 0.485 e. The highest BCUT2D eigenvalue weighted by Gasteiger charge is 2.26. The standard InChI is InChI=1S/C58H48N2O6/c1-3-54(61)38-63-55-35-33-53(34-36-55)60(52-31-21-47(22-32-52)57-40-65-57)49-25-15-44(16-26-49)12-10-42-7-5-41(6-8-42)9-11-43-13-23-48(24-14-43)59(51-29-19-46(20-30-51)56-39-64-56)50-27-17-45(18-28-50)37-66-58(62)4-2/h3-36,56-57H,1-2,37-40H2. The van der Waals surface area contributed by atoms with E-state index in [2.05, 4.69) is 169 Å². The van der Waals surface area contributed by atoms with Crippen LogP contribution in [0, 0.1) is 0 Å². The molecule has 2 atom stereocenters. The Labute approximate surface area is 385 Å².